The van der Waals surface area contributed by atoms with E-state index in [-0.39, 0.29) is 5.91 Å². The molecule has 3 rings (SSSR count). The van der Waals surface area contributed by atoms with E-state index in [2.05, 4.69) is 57.6 Å². The van der Waals surface area contributed by atoms with E-state index in [0.29, 0.717) is 6.42 Å². The number of halogens is 1. The molecule has 0 atom stereocenters. The van der Waals surface area contributed by atoms with Crippen molar-refractivity contribution in [2.45, 2.75) is 24.2 Å². The van der Waals surface area contributed by atoms with Crippen molar-refractivity contribution in [3.05, 3.63) is 58.6 Å². The molecule has 2 aromatic carbocycles. The molecule has 1 amide bonds. The van der Waals surface area contributed by atoms with Crippen LogP contribution in [-0.4, -0.2) is 31.3 Å². The molecule has 2 aromatic rings. The Hall–Kier alpha value is -1.30. The maximum atomic E-state index is 12.7. The molecule has 0 fully saturated rings. The van der Waals surface area contributed by atoms with Gasteiger partial charge in [-0.3, -0.25) is 4.79 Å². The summed E-state index contributed by atoms with van der Waals surface area (Å²) in [4.78, 5) is 15.8. The third kappa shape index (κ3) is 5.33. The van der Waals surface area contributed by atoms with Crippen molar-refractivity contribution in [3.63, 3.8) is 0 Å². The summed E-state index contributed by atoms with van der Waals surface area (Å²) in [5.41, 5.74) is 2.38. The SMILES string of the molecule is O=C(CCNCCc1ccc(Br)cc1)N1CCCSc2ccccc21. The van der Waals surface area contributed by atoms with Gasteiger partial charge in [-0.1, -0.05) is 40.2 Å². The zero-order valence-electron chi connectivity index (χ0n) is 14.2. The topological polar surface area (TPSA) is 32.3 Å². The van der Waals surface area contributed by atoms with Crippen LogP contribution in [0.5, 0.6) is 0 Å². The number of carbonyl (C=O) groups is 1. The van der Waals surface area contributed by atoms with Crippen molar-refractivity contribution in [2.75, 3.05) is 30.3 Å². The number of hydrogen-bond donors (Lipinski definition) is 1. The maximum absolute atomic E-state index is 12.7. The van der Waals surface area contributed by atoms with Crippen molar-refractivity contribution in [3.8, 4) is 0 Å². The number of thioether (sulfide) groups is 1. The van der Waals surface area contributed by atoms with E-state index >= 15 is 0 Å². The van der Waals surface area contributed by atoms with E-state index in [9.17, 15) is 4.79 Å². The summed E-state index contributed by atoms with van der Waals surface area (Å²) in [5, 5.41) is 3.39. The quantitative estimate of drug-likeness (QED) is 0.700. The summed E-state index contributed by atoms with van der Waals surface area (Å²) in [5.74, 6) is 1.29. The summed E-state index contributed by atoms with van der Waals surface area (Å²) < 4.78 is 1.10. The fraction of sp³-hybridized carbons (Fsp3) is 0.350. The van der Waals surface area contributed by atoms with Gasteiger partial charge in [0.05, 0.1) is 5.69 Å². The molecule has 0 radical (unpaired) electrons. The second kappa shape index (κ2) is 9.41. The first-order chi connectivity index (χ1) is 12.2. The molecule has 0 saturated heterocycles. The fourth-order valence-corrected chi connectivity index (χ4v) is 4.18. The zero-order valence-corrected chi connectivity index (χ0v) is 16.6. The largest absolute Gasteiger partial charge is 0.316 e. The van der Waals surface area contributed by atoms with Crippen molar-refractivity contribution >= 4 is 39.3 Å². The molecule has 1 aliphatic heterocycles. The highest BCUT2D eigenvalue weighted by atomic mass is 79.9. The molecular weight excluding hydrogens is 396 g/mol. The van der Waals surface area contributed by atoms with Crippen molar-refractivity contribution in [1.29, 1.82) is 0 Å². The lowest BCUT2D eigenvalue weighted by Gasteiger charge is -2.22. The van der Waals surface area contributed by atoms with Gasteiger partial charge in [0.25, 0.3) is 0 Å². The van der Waals surface area contributed by atoms with Gasteiger partial charge in [-0.25, -0.2) is 0 Å². The maximum Gasteiger partial charge on any atom is 0.228 e. The average Bonchev–Trinajstić information content (AvgIpc) is 2.85. The fourth-order valence-electron chi connectivity index (χ4n) is 2.93. The number of anilines is 1. The summed E-state index contributed by atoms with van der Waals surface area (Å²) in [7, 11) is 0. The predicted octanol–water partition coefficient (Wildman–Crippen LogP) is 4.50. The van der Waals surface area contributed by atoms with Crippen LogP contribution in [0, 0.1) is 0 Å². The highest BCUT2D eigenvalue weighted by molar-refractivity contribution is 9.10. The summed E-state index contributed by atoms with van der Waals surface area (Å²) in [6.45, 7) is 2.43. The lowest BCUT2D eigenvalue weighted by Crippen LogP contribution is -2.34. The average molecular weight is 419 g/mol. The molecule has 0 saturated carbocycles. The number of nitrogens with one attached hydrogen (secondary N) is 1. The monoisotopic (exact) mass is 418 g/mol. The first kappa shape index (κ1) is 18.5. The van der Waals surface area contributed by atoms with Crippen LogP contribution in [0.1, 0.15) is 18.4 Å². The van der Waals surface area contributed by atoms with E-state index in [1.807, 2.05) is 28.8 Å². The number of nitrogens with zero attached hydrogens (tertiary/aromatic N) is 1. The van der Waals surface area contributed by atoms with Crippen LogP contribution >= 0.6 is 27.7 Å². The summed E-state index contributed by atoms with van der Waals surface area (Å²) in [6.07, 6.45) is 2.56. The second-order valence-electron chi connectivity index (χ2n) is 6.09. The number of hydrogen-bond acceptors (Lipinski definition) is 3. The third-order valence-electron chi connectivity index (χ3n) is 4.26. The van der Waals surface area contributed by atoms with Crippen LogP contribution in [0.25, 0.3) is 0 Å². The predicted molar refractivity (Wildman–Crippen MR) is 109 cm³/mol. The Morgan fingerprint density at radius 1 is 1.12 bits per heavy atom. The molecule has 0 bridgehead atoms. The summed E-state index contributed by atoms with van der Waals surface area (Å²) >= 11 is 5.30. The minimum Gasteiger partial charge on any atom is -0.316 e. The highest BCUT2D eigenvalue weighted by Gasteiger charge is 2.20. The standard InChI is InChI=1S/C20H23BrN2OS/c21-17-8-6-16(7-9-17)10-12-22-13-11-20(24)23-14-3-15-25-19-5-2-1-4-18(19)23/h1-2,4-9,22H,3,10-15H2. The molecule has 5 heteroatoms. The van der Waals surface area contributed by atoms with Crippen LogP contribution in [0.15, 0.2) is 57.9 Å². The Morgan fingerprint density at radius 2 is 1.92 bits per heavy atom. The molecule has 0 spiro atoms. The van der Waals surface area contributed by atoms with Gasteiger partial charge < -0.3 is 10.2 Å². The molecule has 0 aliphatic carbocycles. The van der Waals surface area contributed by atoms with E-state index < -0.39 is 0 Å². The van der Waals surface area contributed by atoms with Crippen molar-refractivity contribution in [2.24, 2.45) is 0 Å². The number of carbonyl (C=O) groups excluding carboxylic acids is 1. The number of benzene rings is 2. The summed E-state index contributed by atoms with van der Waals surface area (Å²) in [6, 6.07) is 16.6. The molecule has 0 aromatic heterocycles. The highest BCUT2D eigenvalue weighted by Crippen LogP contribution is 2.33. The molecule has 1 aliphatic rings. The molecule has 0 unspecified atom stereocenters. The number of rotatable bonds is 6. The van der Waals surface area contributed by atoms with E-state index in [4.69, 9.17) is 0 Å². The smallest absolute Gasteiger partial charge is 0.228 e. The lowest BCUT2D eigenvalue weighted by molar-refractivity contribution is -0.118. The normalized spacial score (nSPS) is 14.0. The van der Waals surface area contributed by atoms with Gasteiger partial charge >= 0.3 is 0 Å². The van der Waals surface area contributed by atoms with Gasteiger partial charge in [-0.05, 0) is 55.0 Å². The molecule has 1 N–H and O–H groups in total. The zero-order chi connectivity index (χ0) is 17.5. The van der Waals surface area contributed by atoms with Gasteiger partial charge in [0.1, 0.15) is 0 Å². The molecule has 25 heavy (non-hydrogen) atoms. The Balaban J connectivity index is 1.45. The van der Waals surface area contributed by atoms with Gasteiger partial charge in [0.2, 0.25) is 5.91 Å². The van der Waals surface area contributed by atoms with Gasteiger partial charge in [0, 0.05) is 28.9 Å². The number of fused-ring (bicyclic) bond motifs is 1. The van der Waals surface area contributed by atoms with Crippen LogP contribution < -0.4 is 10.2 Å². The second-order valence-corrected chi connectivity index (χ2v) is 8.14. The van der Waals surface area contributed by atoms with E-state index in [1.54, 1.807) is 0 Å². The first-order valence-electron chi connectivity index (χ1n) is 8.71. The van der Waals surface area contributed by atoms with Crippen LogP contribution in [0.4, 0.5) is 5.69 Å². The molecule has 3 nitrogen and oxygen atoms in total. The minimum absolute atomic E-state index is 0.214. The number of para-hydroxylation sites is 1. The van der Waals surface area contributed by atoms with Crippen LogP contribution in [0.2, 0.25) is 0 Å². The van der Waals surface area contributed by atoms with Gasteiger partial charge in [-0.15, -0.1) is 11.8 Å². The third-order valence-corrected chi connectivity index (χ3v) is 5.94. The lowest BCUT2D eigenvalue weighted by atomic mass is 10.1. The van der Waals surface area contributed by atoms with E-state index in [1.165, 1.54) is 10.5 Å². The molecule has 132 valence electrons. The minimum atomic E-state index is 0.214. The Morgan fingerprint density at radius 3 is 2.76 bits per heavy atom. The van der Waals surface area contributed by atoms with Crippen LogP contribution in [0.3, 0.4) is 0 Å². The van der Waals surface area contributed by atoms with E-state index in [0.717, 1.165) is 48.4 Å². The molecular formula is C20H23BrN2OS. The van der Waals surface area contributed by atoms with Crippen LogP contribution in [-0.2, 0) is 11.2 Å². The Labute approximate surface area is 162 Å². The first-order valence-corrected chi connectivity index (χ1v) is 10.5. The number of amides is 1. The van der Waals surface area contributed by atoms with Gasteiger partial charge in [0.15, 0.2) is 0 Å². The molecule has 1 heterocycles. The Kier molecular flexibility index (Phi) is 6.96. The van der Waals surface area contributed by atoms with Gasteiger partial charge in [-0.2, -0.15) is 0 Å². The van der Waals surface area contributed by atoms with Crippen molar-refractivity contribution in [1.82, 2.24) is 5.32 Å². The Bertz CT molecular complexity index is 705. The van der Waals surface area contributed by atoms with Crippen molar-refractivity contribution < 1.29 is 4.79 Å².